The number of aliphatic carboxylic acids is 1. The van der Waals surface area contributed by atoms with E-state index in [0.717, 1.165) is 24.4 Å². The summed E-state index contributed by atoms with van der Waals surface area (Å²) in [5.74, 6) is 1.97. The number of rotatable bonds is 5. The minimum atomic E-state index is -0.852. The van der Waals surface area contributed by atoms with Crippen molar-refractivity contribution >= 4 is 5.97 Å². The quantitative estimate of drug-likeness (QED) is 0.781. The Labute approximate surface area is 121 Å². The van der Waals surface area contributed by atoms with Gasteiger partial charge in [-0.15, -0.1) is 0 Å². The van der Waals surface area contributed by atoms with Crippen molar-refractivity contribution in [1.29, 1.82) is 0 Å². The fourth-order valence-corrected chi connectivity index (χ4v) is 5.25. The molecule has 3 heteroatoms. The van der Waals surface area contributed by atoms with Crippen LogP contribution in [0.5, 0.6) is 0 Å². The lowest BCUT2D eigenvalue weighted by molar-refractivity contribution is -0.132. The van der Waals surface area contributed by atoms with Crippen LogP contribution in [0.25, 0.3) is 0 Å². The van der Waals surface area contributed by atoms with Crippen LogP contribution in [0.2, 0.25) is 0 Å². The topological polar surface area (TPSA) is 46.5 Å². The molecule has 4 fully saturated rings. The number of carboxylic acid groups (broad SMARTS) is 1. The van der Waals surface area contributed by atoms with Crippen LogP contribution in [0.15, 0.2) is 11.6 Å². The van der Waals surface area contributed by atoms with Gasteiger partial charge in [0.2, 0.25) is 0 Å². The first-order chi connectivity index (χ1) is 9.46. The number of hydrogen-bond acceptors (Lipinski definition) is 2. The molecular weight excluding hydrogens is 252 g/mol. The van der Waals surface area contributed by atoms with Gasteiger partial charge in [-0.05, 0) is 81.6 Å². The summed E-state index contributed by atoms with van der Waals surface area (Å²) in [6.07, 6.45) is 10.0. The Balaban J connectivity index is 1.58. The van der Waals surface area contributed by atoms with E-state index in [0.29, 0.717) is 11.0 Å². The van der Waals surface area contributed by atoms with Gasteiger partial charge < -0.3 is 9.84 Å². The molecule has 0 radical (unpaired) electrons. The van der Waals surface area contributed by atoms with E-state index < -0.39 is 5.97 Å². The highest BCUT2D eigenvalue weighted by atomic mass is 16.5. The summed E-state index contributed by atoms with van der Waals surface area (Å²) in [5.41, 5.74) is 0.788. The fraction of sp³-hybridized carbons (Fsp3) is 0.824. The average molecular weight is 278 g/mol. The van der Waals surface area contributed by atoms with E-state index in [2.05, 4.69) is 0 Å². The Bertz CT molecular complexity index is 389. The Hall–Kier alpha value is -0.830. The van der Waals surface area contributed by atoms with Crippen molar-refractivity contribution in [2.24, 2.45) is 23.2 Å². The first-order valence-corrected chi connectivity index (χ1v) is 7.99. The van der Waals surface area contributed by atoms with E-state index in [4.69, 9.17) is 9.84 Å². The molecule has 112 valence electrons. The van der Waals surface area contributed by atoms with Crippen LogP contribution in [0.1, 0.15) is 52.4 Å². The lowest BCUT2D eigenvalue weighted by Crippen LogP contribution is -2.48. The molecule has 0 aromatic carbocycles. The molecule has 1 N–H and O–H groups in total. The number of hydrogen-bond donors (Lipinski definition) is 1. The van der Waals surface area contributed by atoms with Crippen molar-refractivity contribution in [1.82, 2.24) is 0 Å². The molecule has 4 bridgehead atoms. The average Bonchev–Trinajstić information content (AvgIpc) is 2.34. The summed E-state index contributed by atoms with van der Waals surface area (Å²) in [7, 11) is 0. The molecule has 0 aromatic heterocycles. The largest absolute Gasteiger partial charge is 0.478 e. The highest BCUT2D eigenvalue weighted by molar-refractivity contribution is 5.85. The van der Waals surface area contributed by atoms with Crippen LogP contribution in [0.3, 0.4) is 0 Å². The Morgan fingerprint density at radius 2 is 1.75 bits per heavy atom. The van der Waals surface area contributed by atoms with Crippen LogP contribution < -0.4 is 0 Å². The van der Waals surface area contributed by atoms with Gasteiger partial charge in [0.1, 0.15) is 0 Å². The molecule has 4 saturated carbocycles. The second kappa shape index (κ2) is 5.18. The number of ether oxygens (including phenoxy) is 1. The minimum Gasteiger partial charge on any atom is -0.478 e. The second-order valence-corrected chi connectivity index (χ2v) is 7.59. The van der Waals surface area contributed by atoms with Gasteiger partial charge in [-0.25, -0.2) is 4.79 Å². The molecule has 0 heterocycles. The first-order valence-electron chi connectivity index (χ1n) is 7.99. The SMILES string of the molecule is CC(=CC(C)OCC12CC3CC(CC(C3)C1)C2)C(=O)O. The zero-order valence-corrected chi connectivity index (χ0v) is 12.6. The monoisotopic (exact) mass is 278 g/mol. The Morgan fingerprint density at radius 3 is 2.20 bits per heavy atom. The maximum Gasteiger partial charge on any atom is 0.331 e. The minimum absolute atomic E-state index is 0.0981. The van der Waals surface area contributed by atoms with Crippen LogP contribution >= 0.6 is 0 Å². The van der Waals surface area contributed by atoms with Crippen LogP contribution in [-0.2, 0) is 9.53 Å². The summed E-state index contributed by atoms with van der Waals surface area (Å²) in [4.78, 5) is 10.8. The predicted octanol–water partition coefficient (Wildman–Crippen LogP) is 3.64. The van der Waals surface area contributed by atoms with Crippen molar-refractivity contribution in [3.63, 3.8) is 0 Å². The molecule has 3 nitrogen and oxygen atoms in total. The Kier molecular flexibility index (Phi) is 3.65. The maximum absolute atomic E-state index is 10.8. The number of carbonyl (C=O) groups is 1. The third kappa shape index (κ3) is 2.78. The number of carboxylic acids is 1. The van der Waals surface area contributed by atoms with Gasteiger partial charge in [0.25, 0.3) is 0 Å². The van der Waals surface area contributed by atoms with Crippen molar-refractivity contribution < 1.29 is 14.6 Å². The van der Waals surface area contributed by atoms with Crippen molar-refractivity contribution in [2.45, 2.75) is 58.5 Å². The summed E-state index contributed by atoms with van der Waals surface area (Å²) < 4.78 is 6.01. The zero-order valence-electron chi connectivity index (χ0n) is 12.6. The molecular formula is C17H26O3. The molecule has 4 aliphatic carbocycles. The fourth-order valence-electron chi connectivity index (χ4n) is 5.25. The van der Waals surface area contributed by atoms with Gasteiger partial charge in [0.15, 0.2) is 0 Å². The van der Waals surface area contributed by atoms with E-state index in [1.54, 1.807) is 13.0 Å². The smallest absolute Gasteiger partial charge is 0.331 e. The third-order valence-electron chi connectivity index (χ3n) is 5.64. The molecule has 0 amide bonds. The molecule has 1 unspecified atom stereocenters. The molecule has 0 spiro atoms. The van der Waals surface area contributed by atoms with E-state index in [1.807, 2.05) is 6.92 Å². The third-order valence-corrected chi connectivity index (χ3v) is 5.64. The summed E-state index contributed by atoms with van der Waals surface area (Å²) >= 11 is 0. The second-order valence-electron chi connectivity index (χ2n) is 7.59. The van der Waals surface area contributed by atoms with Crippen LogP contribution in [0.4, 0.5) is 0 Å². The van der Waals surface area contributed by atoms with Crippen molar-refractivity contribution in [3.05, 3.63) is 11.6 Å². The standard InChI is InChI=1S/C17H26O3/c1-11(16(18)19)3-12(2)20-10-17-7-13-4-14(8-17)6-15(5-13)9-17/h3,12-15H,4-10H2,1-2H3,(H,18,19). The molecule has 4 rings (SSSR count). The van der Waals surface area contributed by atoms with Gasteiger partial charge in [-0.2, -0.15) is 0 Å². The van der Waals surface area contributed by atoms with Gasteiger partial charge >= 0.3 is 5.97 Å². The van der Waals surface area contributed by atoms with E-state index >= 15 is 0 Å². The molecule has 4 aliphatic rings. The van der Waals surface area contributed by atoms with Gasteiger partial charge in [0.05, 0.1) is 12.7 Å². The van der Waals surface area contributed by atoms with E-state index in [1.165, 1.54) is 38.5 Å². The summed E-state index contributed by atoms with van der Waals surface area (Å²) in [5, 5.41) is 8.91. The predicted molar refractivity (Wildman–Crippen MR) is 77.4 cm³/mol. The molecule has 1 atom stereocenters. The van der Waals surface area contributed by atoms with Crippen molar-refractivity contribution in [3.8, 4) is 0 Å². The summed E-state index contributed by atoms with van der Waals surface area (Å²) in [6, 6.07) is 0. The highest BCUT2D eigenvalue weighted by Crippen LogP contribution is 2.60. The maximum atomic E-state index is 10.8. The van der Waals surface area contributed by atoms with Gasteiger partial charge in [-0.3, -0.25) is 0 Å². The van der Waals surface area contributed by atoms with Crippen LogP contribution in [0, 0.1) is 23.2 Å². The molecule has 0 aliphatic heterocycles. The normalized spacial score (nSPS) is 40.9. The lowest BCUT2D eigenvalue weighted by Gasteiger charge is -2.56. The van der Waals surface area contributed by atoms with Crippen LogP contribution in [-0.4, -0.2) is 23.8 Å². The zero-order chi connectivity index (χ0) is 14.3. The van der Waals surface area contributed by atoms with E-state index in [-0.39, 0.29) is 6.10 Å². The molecule has 20 heavy (non-hydrogen) atoms. The van der Waals surface area contributed by atoms with Gasteiger partial charge in [-0.1, -0.05) is 0 Å². The molecule has 0 aromatic rings. The highest BCUT2D eigenvalue weighted by Gasteiger charge is 2.50. The summed E-state index contributed by atoms with van der Waals surface area (Å²) in [6.45, 7) is 4.40. The molecule has 0 saturated heterocycles. The van der Waals surface area contributed by atoms with E-state index in [9.17, 15) is 4.79 Å². The Morgan fingerprint density at radius 1 is 1.25 bits per heavy atom. The first kappa shape index (κ1) is 14.1. The van der Waals surface area contributed by atoms with Gasteiger partial charge in [0, 0.05) is 5.57 Å². The van der Waals surface area contributed by atoms with Crippen molar-refractivity contribution in [2.75, 3.05) is 6.61 Å². The lowest BCUT2D eigenvalue weighted by atomic mass is 9.50.